The van der Waals surface area contributed by atoms with E-state index >= 15 is 0 Å². The minimum Gasteiger partial charge on any atom is -0.260 e. The number of nitriles is 1. The molecule has 0 saturated carbocycles. The van der Waals surface area contributed by atoms with Gasteiger partial charge in [0.2, 0.25) is 0 Å². The molecule has 0 N–H and O–H groups in total. The lowest BCUT2D eigenvalue weighted by molar-refractivity contribution is 0.792. The van der Waals surface area contributed by atoms with Gasteiger partial charge in [0, 0.05) is 6.20 Å². The van der Waals surface area contributed by atoms with Crippen LogP contribution in [0.25, 0.3) is 0 Å². The third-order valence-electron chi connectivity index (χ3n) is 2.29. The standard InChI is InChI=1S/C12H16N2/c1-8(2)10-5-6-14-12(9(3)4)11(10)7-13/h5-6,8-9H,1-4H3. The number of nitrogens with zero attached hydrogens (tertiary/aromatic N) is 2. The van der Waals surface area contributed by atoms with E-state index in [2.05, 4.69) is 38.7 Å². The van der Waals surface area contributed by atoms with Crippen molar-refractivity contribution in [3.05, 3.63) is 29.1 Å². The van der Waals surface area contributed by atoms with Crippen molar-refractivity contribution in [3.63, 3.8) is 0 Å². The summed E-state index contributed by atoms with van der Waals surface area (Å²) in [4.78, 5) is 4.27. The van der Waals surface area contributed by atoms with Gasteiger partial charge in [-0.1, -0.05) is 27.7 Å². The molecule has 0 fully saturated rings. The highest BCUT2D eigenvalue weighted by atomic mass is 14.7. The fourth-order valence-corrected chi connectivity index (χ4v) is 1.53. The summed E-state index contributed by atoms with van der Waals surface area (Å²) in [5.41, 5.74) is 2.78. The molecule has 0 saturated heterocycles. The summed E-state index contributed by atoms with van der Waals surface area (Å²) in [6.45, 7) is 8.32. The third kappa shape index (κ3) is 1.93. The molecule has 0 amide bonds. The van der Waals surface area contributed by atoms with Crippen LogP contribution in [0, 0.1) is 11.3 Å². The van der Waals surface area contributed by atoms with Gasteiger partial charge in [0.1, 0.15) is 6.07 Å². The molecule has 74 valence electrons. The molecule has 2 nitrogen and oxygen atoms in total. The van der Waals surface area contributed by atoms with Crippen LogP contribution >= 0.6 is 0 Å². The maximum atomic E-state index is 9.11. The average Bonchev–Trinajstić information content (AvgIpc) is 2.16. The Balaban J connectivity index is 3.34. The van der Waals surface area contributed by atoms with Gasteiger partial charge in [0.15, 0.2) is 0 Å². The second-order valence-corrected chi connectivity index (χ2v) is 4.08. The molecule has 2 heteroatoms. The molecule has 1 aromatic rings. The summed E-state index contributed by atoms with van der Waals surface area (Å²) in [6, 6.07) is 4.20. The summed E-state index contributed by atoms with van der Waals surface area (Å²) < 4.78 is 0. The predicted molar refractivity (Wildman–Crippen MR) is 57.1 cm³/mol. The van der Waals surface area contributed by atoms with E-state index in [9.17, 15) is 0 Å². The first-order chi connectivity index (χ1) is 6.57. The number of rotatable bonds is 2. The molecule has 0 aliphatic heterocycles. The molecule has 14 heavy (non-hydrogen) atoms. The quantitative estimate of drug-likeness (QED) is 0.714. The molecule has 0 unspecified atom stereocenters. The smallest absolute Gasteiger partial charge is 0.101 e. The minimum atomic E-state index is 0.309. The molecule has 0 radical (unpaired) electrons. The third-order valence-corrected chi connectivity index (χ3v) is 2.29. The van der Waals surface area contributed by atoms with Gasteiger partial charge in [-0.25, -0.2) is 0 Å². The predicted octanol–water partition coefficient (Wildman–Crippen LogP) is 3.20. The zero-order chi connectivity index (χ0) is 10.7. The van der Waals surface area contributed by atoms with E-state index in [-0.39, 0.29) is 0 Å². The second kappa shape index (κ2) is 4.23. The number of hydrogen-bond acceptors (Lipinski definition) is 2. The molecule has 0 aromatic carbocycles. The fourth-order valence-electron chi connectivity index (χ4n) is 1.53. The Bertz CT molecular complexity index is 333. The van der Waals surface area contributed by atoms with Crippen LogP contribution in [-0.2, 0) is 0 Å². The van der Waals surface area contributed by atoms with E-state index in [1.54, 1.807) is 6.20 Å². The van der Waals surface area contributed by atoms with Crippen LogP contribution in [0.1, 0.15) is 56.4 Å². The lowest BCUT2D eigenvalue weighted by Gasteiger charge is -2.12. The SMILES string of the molecule is CC(C)c1ccnc(C(C)C)c1C#N. The lowest BCUT2D eigenvalue weighted by Crippen LogP contribution is -2.02. The summed E-state index contributed by atoms with van der Waals surface area (Å²) in [5.74, 6) is 0.688. The first-order valence-corrected chi connectivity index (χ1v) is 4.96. The Hall–Kier alpha value is -1.36. The van der Waals surface area contributed by atoms with E-state index in [0.717, 1.165) is 16.8 Å². The van der Waals surface area contributed by atoms with Crippen molar-refractivity contribution in [3.8, 4) is 6.07 Å². The van der Waals surface area contributed by atoms with Gasteiger partial charge in [-0.15, -0.1) is 0 Å². The Labute approximate surface area is 85.6 Å². The Morgan fingerprint density at radius 1 is 1.21 bits per heavy atom. The summed E-state index contributed by atoms with van der Waals surface area (Å²) in [5, 5.41) is 9.11. The first kappa shape index (κ1) is 10.7. The van der Waals surface area contributed by atoms with E-state index < -0.39 is 0 Å². The summed E-state index contributed by atoms with van der Waals surface area (Å²) in [6.07, 6.45) is 1.80. The maximum absolute atomic E-state index is 9.11. The Kier molecular flexibility index (Phi) is 3.24. The van der Waals surface area contributed by atoms with Crippen molar-refractivity contribution in [1.82, 2.24) is 4.98 Å². The van der Waals surface area contributed by atoms with Crippen molar-refractivity contribution >= 4 is 0 Å². The molecule has 1 heterocycles. The van der Waals surface area contributed by atoms with Crippen LogP contribution in [0.15, 0.2) is 12.3 Å². The lowest BCUT2D eigenvalue weighted by atomic mass is 9.94. The highest BCUT2D eigenvalue weighted by molar-refractivity contribution is 5.43. The molecule has 0 aliphatic rings. The normalized spacial score (nSPS) is 10.6. The Morgan fingerprint density at radius 3 is 2.29 bits per heavy atom. The number of pyridine rings is 1. The van der Waals surface area contributed by atoms with Crippen molar-refractivity contribution in [2.24, 2.45) is 0 Å². The van der Waals surface area contributed by atoms with Crippen LogP contribution in [0.4, 0.5) is 0 Å². The number of aromatic nitrogens is 1. The topological polar surface area (TPSA) is 36.7 Å². The van der Waals surface area contributed by atoms with Gasteiger partial charge in [0.25, 0.3) is 0 Å². The number of hydrogen-bond donors (Lipinski definition) is 0. The summed E-state index contributed by atoms with van der Waals surface area (Å²) in [7, 11) is 0. The van der Waals surface area contributed by atoms with Gasteiger partial charge in [-0.2, -0.15) is 5.26 Å². The van der Waals surface area contributed by atoms with Crippen LogP contribution in [-0.4, -0.2) is 4.98 Å². The van der Waals surface area contributed by atoms with Crippen molar-refractivity contribution in [1.29, 1.82) is 5.26 Å². The first-order valence-electron chi connectivity index (χ1n) is 4.96. The minimum absolute atomic E-state index is 0.309. The zero-order valence-corrected chi connectivity index (χ0v) is 9.20. The van der Waals surface area contributed by atoms with Gasteiger partial charge >= 0.3 is 0 Å². The molecule has 0 atom stereocenters. The fraction of sp³-hybridized carbons (Fsp3) is 0.500. The molecule has 0 spiro atoms. The van der Waals surface area contributed by atoms with Crippen molar-refractivity contribution < 1.29 is 0 Å². The molecular weight excluding hydrogens is 172 g/mol. The molecule has 0 bridgehead atoms. The second-order valence-electron chi connectivity index (χ2n) is 4.08. The maximum Gasteiger partial charge on any atom is 0.101 e. The van der Waals surface area contributed by atoms with Crippen molar-refractivity contribution in [2.75, 3.05) is 0 Å². The molecule has 1 aromatic heterocycles. The molecular formula is C12H16N2. The van der Waals surface area contributed by atoms with Gasteiger partial charge < -0.3 is 0 Å². The van der Waals surface area contributed by atoms with Crippen molar-refractivity contribution in [2.45, 2.75) is 39.5 Å². The Morgan fingerprint density at radius 2 is 1.86 bits per heavy atom. The van der Waals surface area contributed by atoms with Crippen LogP contribution in [0.3, 0.4) is 0 Å². The van der Waals surface area contributed by atoms with Gasteiger partial charge in [-0.05, 0) is 23.5 Å². The van der Waals surface area contributed by atoms with E-state index in [4.69, 9.17) is 5.26 Å². The van der Waals surface area contributed by atoms with E-state index in [1.165, 1.54) is 0 Å². The van der Waals surface area contributed by atoms with Crippen LogP contribution in [0.2, 0.25) is 0 Å². The van der Waals surface area contributed by atoms with Gasteiger partial charge in [-0.3, -0.25) is 4.98 Å². The highest BCUT2D eigenvalue weighted by Crippen LogP contribution is 2.24. The monoisotopic (exact) mass is 188 g/mol. The molecule has 0 aliphatic carbocycles. The van der Waals surface area contributed by atoms with Crippen LogP contribution in [0.5, 0.6) is 0 Å². The molecule has 1 rings (SSSR count). The van der Waals surface area contributed by atoms with Crippen LogP contribution < -0.4 is 0 Å². The van der Waals surface area contributed by atoms with E-state index in [1.807, 2.05) is 6.07 Å². The zero-order valence-electron chi connectivity index (χ0n) is 9.20. The highest BCUT2D eigenvalue weighted by Gasteiger charge is 2.13. The van der Waals surface area contributed by atoms with E-state index in [0.29, 0.717) is 11.8 Å². The summed E-state index contributed by atoms with van der Waals surface area (Å²) >= 11 is 0. The largest absolute Gasteiger partial charge is 0.260 e. The average molecular weight is 188 g/mol. The van der Waals surface area contributed by atoms with Gasteiger partial charge in [0.05, 0.1) is 11.3 Å².